The summed E-state index contributed by atoms with van der Waals surface area (Å²) in [5.74, 6) is 0. The molecule has 0 saturated carbocycles. The molecule has 0 fully saturated rings. The van der Waals surface area contributed by atoms with Gasteiger partial charge in [-0.3, -0.25) is 0 Å². The van der Waals surface area contributed by atoms with E-state index in [0.717, 1.165) is 6.54 Å². The Morgan fingerprint density at radius 2 is 1.92 bits per heavy atom. The highest BCUT2D eigenvalue weighted by molar-refractivity contribution is 5.00. The second kappa shape index (κ2) is 8.31. The van der Waals surface area contributed by atoms with Gasteiger partial charge in [0.1, 0.15) is 0 Å². The van der Waals surface area contributed by atoms with Crippen molar-refractivity contribution in [2.45, 2.75) is 59.4 Å². The summed E-state index contributed by atoms with van der Waals surface area (Å²) in [6.45, 7) is 9.95. The van der Waals surface area contributed by atoms with Crippen LogP contribution in [0.15, 0.2) is 11.6 Å². The van der Waals surface area contributed by atoms with Gasteiger partial charge >= 0.3 is 0 Å². The maximum absolute atomic E-state index is 3.56. The van der Waals surface area contributed by atoms with Crippen LogP contribution in [0.1, 0.15) is 53.4 Å². The SMILES string of the molecule is CCCCC(C=C(C)C)NCCC. The van der Waals surface area contributed by atoms with Gasteiger partial charge in [0.25, 0.3) is 0 Å². The van der Waals surface area contributed by atoms with Crippen LogP contribution in [-0.2, 0) is 0 Å². The van der Waals surface area contributed by atoms with Gasteiger partial charge in [-0.05, 0) is 33.2 Å². The van der Waals surface area contributed by atoms with Crippen LogP contribution in [0.4, 0.5) is 0 Å². The van der Waals surface area contributed by atoms with Gasteiger partial charge in [0, 0.05) is 6.04 Å². The van der Waals surface area contributed by atoms with Crippen molar-refractivity contribution in [1.29, 1.82) is 0 Å². The molecule has 0 radical (unpaired) electrons. The van der Waals surface area contributed by atoms with Crippen molar-refractivity contribution in [3.05, 3.63) is 11.6 Å². The summed E-state index contributed by atoms with van der Waals surface area (Å²) in [6, 6.07) is 0.602. The van der Waals surface area contributed by atoms with Crippen LogP contribution in [0.2, 0.25) is 0 Å². The lowest BCUT2D eigenvalue weighted by Gasteiger charge is -2.14. The number of allylic oxidation sites excluding steroid dienone is 1. The average molecular weight is 183 g/mol. The number of unbranched alkanes of at least 4 members (excludes halogenated alkanes) is 1. The molecule has 0 bridgehead atoms. The highest BCUT2D eigenvalue weighted by Gasteiger charge is 2.02. The molecule has 0 amide bonds. The minimum absolute atomic E-state index is 0.602. The Morgan fingerprint density at radius 3 is 2.38 bits per heavy atom. The summed E-state index contributed by atoms with van der Waals surface area (Å²) in [4.78, 5) is 0. The molecule has 1 nitrogen and oxygen atoms in total. The van der Waals surface area contributed by atoms with Crippen molar-refractivity contribution in [2.24, 2.45) is 0 Å². The van der Waals surface area contributed by atoms with Crippen LogP contribution in [0, 0.1) is 0 Å². The lowest BCUT2D eigenvalue weighted by atomic mass is 10.1. The molecule has 1 unspecified atom stereocenters. The van der Waals surface area contributed by atoms with Gasteiger partial charge in [0.05, 0.1) is 0 Å². The van der Waals surface area contributed by atoms with Gasteiger partial charge in [0.2, 0.25) is 0 Å². The summed E-state index contributed by atoms with van der Waals surface area (Å²) >= 11 is 0. The predicted octanol–water partition coefficient (Wildman–Crippen LogP) is 3.51. The third-order valence-electron chi connectivity index (χ3n) is 2.06. The lowest BCUT2D eigenvalue weighted by molar-refractivity contribution is 0.530. The highest BCUT2D eigenvalue weighted by atomic mass is 14.9. The maximum atomic E-state index is 3.56. The average Bonchev–Trinajstić information content (AvgIpc) is 2.09. The van der Waals surface area contributed by atoms with E-state index >= 15 is 0 Å². The Hall–Kier alpha value is -0.300. The number of hydrogen-bond donors (Lipinski definition) is 1. The van der Waals surface area contributed by atoms with Crippen molar-refractivity contribution in [1.82, 2.24) is 5.32 Å². The first-order valence-corrected chi connectivity index (χ1v) is 5.59. The Labute approximate surface area is 83.6 Å². The largest absolute Gasteiger partial charge is 0.311 e. The molecule has 1 N–H and O–H groups in total. The van der Waals surface area contributed by atoms with Crippen LogP contribution in [-0.4, -0.2) is 12.6 Å². The van der Waals surface area contributed by atoms with Crippen molar-refractivity contribution >= 4 is 0 Å². The molecule has 1 atom stereocenters. The van der Waals surface area contributed by atoms with Crippen LogP contribution >= 0.6 is 0 Å². The number of nitrogens with one attached hydrogen (secondary N) is 1. The van der Waals surface area contributed by atoms with Crippen LogP contribution in [0.25, 0.3) is 0 Å². The molecule has 0 spiro atoms. The first-order chi connectivity index (χ1) is 6.20. The summed E-state index contributed by atoms with van der Waals surface area (Å²) in [6.07, 6.45) is 7.47. The second-order valence-electron chi connectivity index (χ2n) is 3.95. The van der Waals surface area contributed by atoms with E-state index in [9.17, 15) is 0 Å². The zero-order valence-electron chi connectivity index (χ0n) is 9.69. The molecule has 1 heteroatoms. The molecule has 78 valence electrons. The van der Waals surface area contributed by atoms with Gasteiger partial charge < -0.3 is 5.32 Å². The van der Waals surface area contributed by atoms with E-state index in [1.165, 1.54) is 31.3 Å². The van der Waals surface area contributed by atoms with Crippen molar-refractivity contribution in [2.75, 3.05) is 6.54 Å². The molecule has 0 rings (SSSR count). The Kier molecular flexibility index (Phi) is 8.11. The first-order valence-electron chi connectivity index (χ1n) is 5.59. The van der Waals surface area contributed by atoms with E-state index in [0.29, 0.717) is 6.04 Å². The minimum Gasteiger partial charge on any atom is -0.311 e. The second-order valence-corrected chi connectivity index (χ2v) is 3.95. The summed E-state index contributed by atoms with van der Waals surface area (Å²) in [7, 11) is 0. The molecule has 0 aliphatic rings. The standard InChI is InChI=1S/C12H25N/c1-5-7-8-12(10-11(3)4)13-9-6-2/h10,12-13H,5-9H2,1-4H3. The van der Waals surface area contributed by atoms with Gasteiger partial charge in [-0.15, -0.1) is 0 Å². The van der Waals surface area contributed by atoms with Crippen molar-refractivity contribution in [3.63, 3.8) is 0 Å². The van der Waals surface area contributed by atoms with E-state index in [-0.39, 0.29) is 0 Å². The molecule has 0 aliphatic heterocycles. The van der Waals surface area contributed by atoms with Gasteiger partial charge in [-0.25, -0.2) is 0 Å². The molecular formula is C12H25N. The fraction of sp³-hybridized carbons (Fsp3) is 0.833. The molecule has 0 heterocycles. The summed E-state index contributed by atoms with van der Waals surface area (Å²) in [5.41, 5.74) is 1.42. The zero-order valence-corrected chi connectivity index (χ0v) is 9.69. The number of rotatable bonds is 7. The smallest absolute Gasteiger partial charge is 0.0252 e. The number of hydrogen-bond acceptors (Lipinski definition) is 1. The maximum Gasteiger partial charge on any atom is 0.0252 e. The molecule has 13 heavy (non-hydrogen) atoms. The fourth-order valence-corrected chi connectivity index (χ4v) is 1.40. The summed E-state index contributed by atoms with van der Waals surface area (Å²) in [5, 5.41) is 3.56. The van der Waals surface area contributed by atoms with Crippen molar-refractivity contribution < 1.29 is 0 Å². The van der Waals surface area contributed by atoms with E-state index in [1.807, 2.05) is 0 Å². The normalized spacial score (nSPS) is 12.6. The van der Waals surface area contributed by atoms with Gasteiger partial charge in [0.15, 0.2) is 0 Å². The fourth-order valence-electron chi connectivity index (χ4n) is 1.40. The Balaban J connectivity index is 3.80. The van der Waals surface area contributed by atoms with E-state index in [4.69, 9.17) is 0 Å². The van der Waals surface area contributed by atoms with E-state index < -0.39 is 0 Å². The highest BCUT2D eigenvalue weighted by Crippen LogP contribution is 2.04. The molecule has 0 aromatic rings. The van der Waals surface area contributed by atoms with Gasteiger partial charge in [-0.1, -0.05) is 38.3 Å². The monoisotopic (exact) mass is 183 g/mol. The molecule has 0 aliphatic carbocycles. The third kappa shape index (κ3) is 8.04. The molecule has 0 aromatic carbocycles. The Bertz CT molecular complexity index is 126. The van der Waals surface area contributed by atoms with Gasteiger partial charge in [-0.2, -0.15) is 0 Å². The molecule has 0 aromatic heterocycles. The zero-order chi connectivity index (χ0) is 10.1. The molecular weight excluding hydrogens is 158 g/mol. The van der Waals surface area contributed by atoms with Crippen LogP contribution in [0.5, 0.6) is 0 Å². The van der Waals surface area contributed by atoms with Crippen LogP contribution < -0.4 is 5.32 Å². The van der Waals surface area contributed by atoms with E-state index in [1.54, 1.807) is 0 Å². The third-order valence-corrected chi connectivity index (χ3v) is 2.06. The summed E-state index contributed by atoms with van der Waals surface area (Å²) < 4.78 is 0. The predicted molar refractivity (Wildman–Crippen MR) is 61.0 cm³/mol. The first kappa shape index (κ1) is 12.7. The Morgan fingerprint density at radius 1 is 1.23 bits per heavy atom. The topological polar surface area (TPSA) is 12.0 Å². The van der Waals surface area contributed by atoms with E-state index in [2.05, 4.69) is 39.1 Å². The van der Waals surface area contributed by atoms with Crippen LogP contribution in [0.3, 0.4) is 0 Å². The quantitative estimate of drug-likeness (QED) is 0.596. The minimum atomic E-state index is 0.602. The van der Waals surface area contributed by atoms with Crippen molar-refractivity contribution in [3.8, 4) is 0 Å². The molecule has 0 saturated heterocycles. The lowest BCUT2D eigenvalue weighted by Crippen LogP contribution is -2.28.